The molecule has 3 aromatic rings. The molecular formula is C24H29ClN4O2. The number of ether oxygens (including phenoxy) is 1. The Labute approximate surface area is 188 Å². The fourth-order valence-electron chi connectivity index (χ4n) is 4.17. The predicted molar refractivity (Wildman–Crippen MR) is 127 cm³/mol. The van der Waals surface area contributed by atoms with E-state index in [1.165, 1.54) is 0 Å². The molecule has 1 aromatic heterocycles. The highest BCUT2D eigenvalue weighted by molar-refractivity contribution is 6.31. The first kappa shape index (κ1) is 21.5. The normalized spacial score (nSPS) is 14.3. The maximum atomic E-state index is 13.4. The Morgan fingerprint density at radius 3 is 2.65 bits per heavy atom. The highest BCUT2D eigenvalue weighted by Gasteiger charge is 2.26. The number of nitrogens with one attached hydrogen (secondary N) is 1. The van der Waals surface area contributed by atoms with Crippen molar-refractivity contribution in [1.29, 1.82) is 0 Å². The molecule has 0 atom stereocenters. The van der Waals surface area contributed by atoms with Crippen molar-refractivity contribution in [2.24, 2.45) is 0 Å². The Morgan fingerprint density at radius 2 is 1.90 bits per heavy atom. The van der Waals surface area contributed by atoms with Crippen molar-refractivity contribution in [1.82, 2.24) is 14.8 Å². The van der Waals surface area contributed by atoms with E-state index in [0.29, 0.717) is 24.7 Å². The lowest BCUT2D eigenvalue weighted by Gasteiger charge is -2.36. The minimum atomic E-state index is 0.0771. The highest BCUT2D eigenvalue weighted by Crippen LogP contribution is 2.30. The number of anilines is 1. The smallest absolute Gasteiger partial charge is 0.256 e. The SMILES string of the molecule is CCOc1ccccc1N1CCN(C(=O)c2cn(CCNC)c3cc(Cl)ccc23)CC1. The Balaban J connectivity index is 1.52. The minimum Gasteiger partial charge on any atom is -0.492 e. The lowest BCUT2D eigenvalue weighted by Crippen LogP contribution is -2.48. The number of nitrogens with zero attached hydrogens (tertiary/aromatic N) is 3. The van der Waals surface area contributed by atoms with Gasteiger partial charge in [-0.15, -0.1) is 0 Å². The number of benzene rings is 2. The second-order valence-corrected chi connectivity index (χ2v) is 8.12. The average molecular weight is 441 g/mol. The molecule has 6 nitrogen and oxygen atoms in total. The second kappa shape index (κ2) is 9.62. The van der Waals surface area contributed by atoms with E-state index in [-0.39, 0.29) is 5.91 Å². The van der Waals surface area contributed by atoms with Gasteiger partial charge in [0, 0.05) is 55.9 Å². The van der Waals surface area contributed by atoms with E-state index in [2.05, 4.69) is 20.9 Å². The van der Waals surface area contributed by atoms with Crippen LogP contribution in [0.25, 0.3) is 10.9 Å². The summed E-state index contributed by atoms with van der Waals surface area (Å²) in [7, 11) is 1.92. The molecular weight excluding hydrogens is 412 g/mol. The maximum Gasteiger partial charge on any atom is 0.256 e. The van der Waals surface area contributed by atoms with Gasteiger partial charge in [0.15, 0.2) is 0 Å². The molecule has 0 bridgehead atoms. The maximum absolute atomic E-state index is 13.4. The standard InChI is InChI=1S/C24H29ClN4O2/c1-3-31-23-7-5-4-6-21(23)27-12-14-28(15-13-27)24(30)20-17-29(11-10-26-2)22-16-18(25)8-9-19(20)22/h4-9,16-17,26H,3,10-15H2,1-2H3. The summed E-state index contributed by atoms with van der Waals surface area (Å²) in [5.74, 6) is 0.975. The molecule has 1 aliphatic heterocycles. The molecule has 2 aromatic carbocycles. The number of likely N-dealkylation sites (N-methyl/N-ethyl adjacent to an activating group) is 1. The first-order valence-electron chi connectivity index (χ1n) is 10.8. The first-order chi connectivity index (χ1) is 15.1. The molecule has 7 heteroatoms. The van der Waals surface area contributed by atoms with Crippen LogP contribution in [0.2, 0.25) is 5.02 Å². The molecule has 1 fully saturated rings. The second-order valence-electron chi connectivity index (χ2n) is 7.68. The zero-order valence-corrected chi connectivity index (χ0v) is 18.9. The van der Waals surface area contributed by atoms with Gasteiger partial charge in [-0.3, -0.25) is 4.79 Å². The Hall–Kier alpha value is -2.70. The van der Waals surface area contributed by atoms with Crippen LogP contribution < -0.4 is 15.0 Å². The molecule has 0 spiro atoms. The van der Waals surface area contributed by atoms with Crippen LogP contribution >= 0.6 is 11.6 Å². The van der Waals surface area contributed by atoms with E-state index in [9.17, 15) is 4.79 Å². The van der Waals surface area contributed by atoms with Crippen molar-refractivity contribution < 1.29 is 9.53 Å². The van der Waals surface area contributed by atoms with Gasteiger partial charge in [0.25, 0.3) is 5.91 Å². The Kier molecular flexibility index (Phi) is 6.68. The van der Waals surface area contributed by atoms with E-state index in [1.807, 2.05) is 61.5 Å². The van der Waals surface area contributed by atoms with E-state index < -0.39 is 0 Å². The van der Waals surface area contributed by atoms with E-state index in [1.54, 1.807) is 0 Å². The monoisotopic (exact) mass is 440 g/mol. The number of piperazine rings is 1. The first-order valence-corrected chi connectivity index (χ1v) is 11.2. The topological polar surface area (TPSA) is 49.7 Å². The molecule has 164 valence electrons. The van der Waals surface area contributed by atoms with Crippen LogP contribution in [-0.4, -0.2) is 61.8 Å². The van der Waals surface area contributed by atoms with Crippen LogP contribution in [0.15, 0.2) is 48.7 Å². The number of carbonyl (C=O) groups excluding carboxylic acids is 1. The lowest BCUT2D eigenvalue weighted by atomic mass is 10.1. The summed E-state index contributed by atoms with van der Waals surface area (Å²) in [6, 6.07) is 13.8. The molecule has 0 aliphatic carbocycles. The molecule has 4 rings (SSSR count). The van der Waals surface area contributed by atoms with Crippen molar-refractivity contribution in [2.45, 2.75) is 13.5 Å². The number of para-hydroxylation sites is 2. The summed E-state index contributed by atoms with van der Waals surface area (Å²) in [6.07, 6.45) is 1.97. The van der Waals surface area contributed by atoms with Crippen molar-refractivity contribution in [2.75, 3.05) is 51.3 Å². The minimum absolute atomic E-state index is 0.0771. The van der Waals surface area contributed by atoms with Crippen LogP contribution in [0.4, 0.5) is 5.69 Å². The van der Waals surface area contributed by atoms with E-state index in [0.717, 1.165) is 54.1 Å². The van der Waals surface area contributed by atoms with Gasteiger partial charge in [-0.25, -0.2) is 0 Å². The number of carbonyl (C=O) groups is 1. The van der Waals surface area contributed by atoms with Crippen LogP contribution in [0.3, 0.4) is 0 Å². The lowest BCUT2D eigenvalue weighted by molar-refractivity contribution is 0.0748. The van der Waals surface area contributed by atoms with E-state index in [4.69, 9.17) is 16.3 Å². The largest absolute Gasteiger partial charge is 0.492 e. The Bertz CT molecular complexity index is 1060. The van der Waals surface area contributed by atoms with Crippen LogP contribution in [-0.2, 0) is 6.54 Å². The quantitative estimate of drug-likeness (QED) is 0.605. The van der Waals surface area contributed by atoms with Gasteiger partial charge in [0.05, 0.1) is 23.4 Å². The van der Waals surface area contributed by atoms with Gasteiger partial charge in [-0.05, 0) is 38.2 Å². The number of aromatic nitrogens is 1. The van der Waals surface area contributed by atoms with Crippen LogP contribution in [0.1, 0.15) is 17.3 Å². The molecule has 31 heavy (non-hydrogen) atoms. The van der Waals surface area contributed by atoms with Gasteiger partial charge in [0.1, 0.15) is 5.75 Å². The van der Waals surface area contributed by atoms with Crippen molar-refractivity contribution >= 4 is 34.1 Å². The van der Waals surface area contributed by atoms with Gasteiger partial charge < -0.3 is 24.4 Å². The molecule has 2 heterocycles. The average Bonchev–Trinajstić information content (AvgIpc) is 3.15. The Morgan fingerprint density at radius 1 is 1.13 bits per heavy atom. The van der Waals surface area contributed by atoms with Crippen LogP contribution in [0, 0.1) is 0 Å². The molecule has 0 saturated carbocycles. The van der Waals surface area contributed by atoms with Gasteiger partial charge in [-0.2, -0.15) is 0 Å². The third kappa shape index (κ3) is 4.50. The molecule has 1 saturated heterocycles. The number of fused-ring (bicyclic) bond motifs is 1. The third-order valence-electron chi connectivity index (χ3n) is 5.75. The van der Waals surface area contributed by atoms with Gasteiger partial charge in [-0.1, -0.05) is 29.8 Å². The molecule has 0 radical (unpaired) electrons. The summed E-state index contributed by atoms with van der Waals surface area (Å²) >= 11 is 6.23. The van der Waals surface area contributed by atoms with Crippen molar-refractivity contribution in [3.63, 3.8) is 0 Å². The van der Waals surface area contributed by atoms with Gasteiger partial charge >= 0.3 is 0 Å². The molecule has 1 aliphatic rings. The summed E-state index contributed by atoms with van der Waals surface area (Å²) < 4.78 is 7.90. The van der Waals surface area contributed by atoms with E-state index >= 15 is 0 Å². The van der Waals surface area contributed by atoms with Crippen molar-refractivity contribution in [3.05, 3.63) is 59.2 Å². The zero-order chi connectivity index (χ0) is 21.8. The zero-order valence-electron chi connectivity index (χ0n) is 18.1. The highest BCUT2D eigenvalue weighted by atomic mass is 35.5. The number of hydrogen-bond donors (Lipinski definition) is 1. The summed E-state index contributed by atoms with van der Waals surface area (Å²) in [4.78, 5) is 17.7. The number of hydrogen-bond acceptors (Lipinski definition) is 4. The van der Waals surface area contributed by atoms with Crippen LogP contribution in [0.5, 0.6) is 5.75 Å². The molecule has 1 N–H and O–H groups in total. The number of amides is 1. The fraction of sp³-hybridized carbons (Fsp3) is 0.375. The molecule has 0 unspecified atom stereocenters. The number of rotatable bonds is 7. The molecule has 1 amide bonds. The van der Waals surface area contributed by atoms with Gasteiger partial charge in [0.2, 0.25) is 0 Å². The van der Waals surface area contributed by atoms with Crippen molar-refractivity contribution in [3.8, 4) is 5.75 Å². The summed E-state index contributed by atoms with van der Waals surface area (Å²) in [5.41, 5.74) is 2.83. The third-order valence-corrected chi connectivity index (χ3v) is 5.99. The number of halogens is 1. The summed E-state index contributed by atoms with van der Waals surface area (Å²) in [5, 5.41) is 4.80. The fourth-order valence-corrected chi connectivity index (χ4v) is 4.34. The predicted octanol–water partition coefficient (Wildman–Crippen LogP) is 3.88. The summed E-state index contributed by atoms with van der Waals surface area (Å²) in [6.45, 7) is 7.14.